The van der Waals surface area contributed by atoms with Crippen LogP contribution in [0.5, 0.6) is 5.75 Å². The summed E-state index contributed by atoms with van der Waals surface area (Å²) in [5.74, 6) is 0.720. The van der Waals surface area contributed by atoms with Gasteiger partial charge < -0.3 is 9.84 Å². The Morgan fingerprint density at radius 2 is 2.29 bits per heavy atom. The molecule has 0 aliphatic rings. The first-order valence-corrected chi connectivity index (χ1v) is 4.52. The summed E-state index contributed by atoms with van der Waals surface area (Å²) in [6.07, 6.45) is 0.607. The van der Waals surface area contributed by atoms with Crippen molar-refractivity contribution in [1.82, 2.24) is 0 Å². The minimum atomic E-state index is 0.122. The Morgan fingerprint density at radius 1 is 1.50 bits per heavy atom. The lowest BCUT2D eigenvalue weighted by atomic mass is 10.1. The van der Waals surface area contributed by atoms with E-state index in [0.29, 0.717) is 18.6 Å². The predicted octanol–water partition coefficient (Wildman–Crippen LogP) is 1.63. The van der Waals surface area contributed by atoms with Crippen LogP contribution >= 0.6 is 0 Å². The fourth-order valence-electron chi connectivity index (χ4n) is 1.07. The van der Waals surface area contributed by atoms with Crippen LogP contribution in [0.3, 0.4) is 0 Å². The van der Waals surface area contributed by atoms with E-state index in [-0.39, 0.29) is 6.61 Å². The molecule has 0 atom stereocenters. The van der Waals surface area contributed by atoms with Crippen LogP contribution in [0.15, 0.2) is 18.2 Å². The number of nitrogens with zero attached hydrogens (tertiary/aromatic N) is 1. The van der Waals surface area contributed by atoms with E-state index < -0.39 is 0 Å². The first-order valence-electron chi connectivity index (χ1n) is 4.52. The Kier molecular flexibility index (Phi) is 3.96. The molecular weight excluding hydrogens is 178 g/mol. The molecule has 3 nitrogen and oxygen atoms in total. The first kappa shape index (κ1) is 10.6. The Balaban J connectivity index is 2.70. The summed E-state index contributed by atoms with van der Waals surface area (Å²) < 4.78 is 5.41. The van der Waals surface area contributed by atoms with Gasteiger partial charge in [-0.3, -0.25) is 0 Å². The molecule has 0 bridgehead atoms. The SMILES string of the molecule is Cc1ccc(C#N)cc1OCCCO. The Morgan fingerprint density at radius 3 is 2.93 bits per heavy atom. The van der Waals surface area contributed by atoms with Gasteiger partial charge in [0.2, 0.25) is 0 Å². The van der Waals surface area contributed by atoms with Crippen molar-refractivity contribution < 1.29 is 9.84 Å². The first-order chi connectivity index (χ1) is 6.77. The van der Waals surface area contributed by atoms with E-state index in [2.05, 4.69) is 6.07 Å². The van der Waals surface area contributed by atoms with Crippen molar-refractivity contribution in [3.63, 3.8) is 0 Å². The van der Waals surface area contributed by atoms with Gasteiger partial charge >= 0.3 is 0 Å². The second-order valence-corrected chi connectivity index (χ2v) is 3.02. The van der Waals surface area contributed by atoms with E-state index in [1.54, 1.807) is 12.1 Å². The highest BCUT2D eigenvalue weighted by Gasteiger charge is 2.00. The van der Waals surface area contributed by atoms with Gasteiger partial charge in [-0.05, 0) is 24.6 Å². The van der Waals surface area contributed by atoms with Crippen molar-refractivity contribution in [3.05, 3.63) is 29.3 Å². The molecule has 0 aromatic heterocycles. The third kappa shape index (κ3) is 2.75. The molecule has 1 aromatic carbocycles. The predicted molar refractivity (Wildman–Crippen MR) is 53.1 cm³/mol. The molecule has 0 aliphatic heterocycles. The van der Waals surface area contributed by atoms with Crippen molar-refractivity contribution >= 4 is 0 Å². The number of hydrogen-bond acceptors (Lipinski definition) is 3. The van der Waals surface area contributed by atoms with Crippen molar-refractivity contribution in [1.29, 1.82) is 5.26 Å². The molecule has 0 heterocycles. The van der Waals surface area contributed by atoms with Crippen LogP contribution in [0.1, 0.15) is 17.5 Å². The maximum atomic E-state index is 8.68. The molecule has 0 amide bonds. The lowest BCUT2D eigenvalue weighted by Gasteiger charge is -2.08. The molecule has 0 fully saturated rings. The van der Waals surface area contributed by atoms with E-state index in [9.17, 15) is 0 Å². The van der Waals surface area contributed by atoms with Crippen LogP contribution in [0.4, 0.5) is 0 Å². The fourth-order valence-corrected chi connectivity index (χ4v) is 1.07. The summed E-state index contributed by atoms with van der Waals surface area (Å²) in [6, 6.07) is 7.38. The van der Waals surface area contributed by atoms with Crippen LogP contribution in [0.2, 0.25) is 0 Å². The summed E-state index contributed by atoms with van der Waals surface area (Å²) in [6.45, 7) is 2.53. The van der Waals surface area contributed by atoms with Gasteiger partial charge in [0.05, 0.1) is 18.2 Å². The molecule has 0 spiro atoms. The van der Waals surface area contributed by atoms with Gasteiger partial charge in [0.1, 0.15) is 5.75 Å². The van der Waals surface area contributed by atoms with Gasteiger partial charge in [-0.15, -0.1) is 0 Å². The van der Waals surface area contributed by atoms with Gasteiger partial charge in [0.15, 0.2) is 0 Å². The summed E-state index contributed by atoms with van der Waals surface area (Å²) in [5.41, 5.74) is 1.59. The normalized spacial score (nSPS) is 9.50. The highest BCUT2D eigenvalue weighted by atomic mass is 16.5. The van der Waals surface area contributed by atoms with Crippen LogP contribution in [0.25, 0.3) is 0 Å². The van der Waals surface area contributed by atoms with E-state index in [0.717, 1.165) is 11.3 Å². The van der Waals surface area contributed by atoms with E-state index >= 15 is 0 Å². The third-order valence-corrected chi connectivity index (χ3v) is 1.88. The van der Waals surface area contributed by atoms with Gasteiger partial charge in [0.25, 0.3) is 0 Å². The number of ether oxygens (including phenoxy) is 1. The Hall–Kier alpha value is -1.53. The summed E-state index contributed by atoms with van der Waals surface area (Å²) in [7, 11) is 0. The Labute approximate surface area is 83.6 Å². The third-order valence-electron chi connectivity index (χ3n) is 1.88. The van der Waals surface area contributed by atoms with Crippen LogP contribution in [-0.4, -0.2) is 18.3 Å². The highest BCUT2D eigenvalue weighted by molar-refractivity contribution is 5.41. The fraction of sp³-hybridized carbons (Fsp3) is 0.364. The molecule has 0 radical (unpaired) electrons. The highest BCUT2D eigenvalue weighted by Crippen LogP contribution is 2.19. The molecule has 0 saturated heterocycles. The van der Waals surface area contributed by atoms with Gasteiger partial charge in [0, 0.05) is 13.0 Å². The van der Waals surface area contributed by atoms with E-state index in [4.69, 9.17) is 15.1 Å². The maximum Gasteiger partial charge on any atom is 0.123 e. The molecule has 0 aliphatic carbocycles. The minimum absolute atomic E-state index is 0.122. The van der Waals surface area contributed by atoms with Crippen molar-refractivity contribution in [2.45, 2.75) is 13.3 Å². The monoisotopic (exact) mass is 191 g/mol. The van der Waals surface area contributed by atoms with Crippen molar-refractivity contribution in [2.24, 2.45) is 0 Å². The molecule has 1 aromatic rings. The lowest BCUT2D eigenvalue weighted by molar-refractivity contribution is 0.233. The summed E-state index contributed by atoms with van der Waals surface area (Å²) in [4.78, 5) is 0. The molecule has 74 valence electrons. The topological polar surface area (TPSA) is 53.2 Å². The second-order valence-electron chi connectivity index (χ2n) is 3.02. The average Bonchev–Trinajstić information content (AvgIpc) is 2.21. The lowest BCUT2D eigenvalue weighted by Crippen LogP contribution is -2.01. The standard InChI is InChI=1S/C11H13NO2/c1-9-3-4-10(8-12)7-11(9)14-6-2-5-13/h3-4,7,13H,2,5-6H2,1H3. The van der Waals surface area contributed by atoms with Gasteiger partial charge in [-0.25, -0.2) is 0 Å². The van der Waals surface area contributed by atoms with Crippen molar-refractivity contribution in [2.75, 3.05) is 13.2 Å². The summed E-state index contributed by atoms with van der Waals surface area (Å²) in [5, 5.41) is 17.3. The smallest absolute Gasteiger partial charge is 0.123 e. The number of nitriles is 1. The number of rotatable bonds is 4. The van der Waals surface area contributed by atoms with E-state index in [1.165, 1.54) is 0 Å². The van der Waals surface area contributed by atoms with Crippen LogP contribution < -0.4 is 4.74 Å². The van der Waals surface area contributed by atoms with Crippen LogP contribution in [0, 0.1) is 18.3 Å². The van der Waals surface area contributed by atoms with Gasteiger partial charge in [-0.2, -0.15) is 5.26 Å². The quantitative estimate of drug-likeness (QED) is 0.736. The zero-order valence-corrected chi connectivity index (χ0v) is 8.16. The minimum Gasteiger partial charge on any atom is -0.493 e. The number of benzene rings is 1. The molecule has 1 rings (SSSR count). The van der Waals surface area contributed by atoms with Crippen LogP contribution in [-0.2, 0) is 0 Å². The molecule has 14 heavy (non-hydrogen) atoms. The number of aliphatic hydroxyl groups is 1. The molecule has 0 saturated carbocycles. The molecule has 0 unspecified atom stereocenters. The number of aliphatic hydroxyl groups excluding tert-OH is 1. The van der Waals surface area contributed by atoms with E-state index in [1.807, 2.05) is 13.0 Å². The summed E-state index contributed by atoms with van der Waals surface area (Å²) >= 11 is 0. The maximum absolute atomic E-state index is 8.68. The number of hydrogen-bond donors (Lipinski definition) is 1. The van der Waals surface area contributed by atoms with Crippen molar-refractivity contribution in [3.8, 4) is 11.8 Å². The molecule has 3 heteroatoms. The zero-order valence-electron chi connectivity index (χ0n) is 8.16. The van der Waals surface area contributed by atoms with Gasteiger partial charge in [-0.1, -0.05) is 6.07 Å². The largest absolute Gasteiger partial charge is 0.493 e. The second kappa shape index (κ2) is 5.25. The zero-order chi connectivity index (χ0) is 10.4. The average molecular weight is 191 g/mol. The molecule has 1 N–H and O–H groups in total. The number of aryl methyl sites for hydroxylation is 1. The molecular formula is C11H13NO2. The Bertz CT molecular complexity index is 342.